The Morgan fingerprint density at radius 2 is 2.06 bits per heavy atom. The highest BCUT2D eigenvalue weighted by atomic mass is 32.1. The fraction of sp³-hybridized carbons (Fsp3) is 0.643. The third-order valence-corrected chi connectivity index (χ3v) is 5.03. The molecule has 0 radical (unpaired) electrons. The topological polar surface area (TPSA) is 32.3 Å². The summed E-state index contributed by atoms with van der Waals surface area (Å²) < 4.78 is 0. The molecule has 2 unspecified atom stereocenters. The lowest BCUT2D eigenvalue weighted by atomic mass is 10.1. The van der Waals surface area contributed by atoms with Crippen LogP contribution in [0, 0.1) is 0 Å². The fourth-order valence-electron chi connectivity index (χ4n) is 3.08. The van der Waals surface area contributed by atoms with E-state index in [0.29, 0.717) is 12.1 Å². The number of fused-ring (bicyclic) bond motifs is 1. The van der Waals surface area contributed by atoms with Crippen molar-refractivity contribution in [2.75, 3.05) is 13.1 Å². The minimum Gasteiger partial charge on any atom is -0.335 e. The van der Waals surface area contributed by atoms with Crippen LogP contribution in [0.4, 0.5) is 0 Å². The van der Waals surface area contributed by atoms with E-state index >= 15 is 0 Å². The molecule has 0 saturated carbocycles. The number of nitrogens with one attached hydrogen (secondary N) is 1. The van der Waals surface area contributed by atoms with Crippen molar-refractivity contribution in [2.24, 2.45) is 0 Å². The summed E-state index contributed by atoms with van der Waals surface area (Å²) in [5.74, 6) is 0.231. The first kappa shape index (κ1) is 12.2. The van der Waals surface area contributed by atoms with Gasteiger partial charge < -0.3 is 10.2 Å². The number of aryl methyl sites for hydroxylation is 2. The average Bonchev–Trinajstić information content (AvgIpc) is 2.86. The van der Waals surface area contributed by atoms with Crippen molar-refractivity contribution in [3.8, 4) is 0 Å². The molecule has 3 rings (SSSR count). The SMILES string of the molecule is CC1CN(C(=O)c2cc3c(s2)CCC3)CC(C)N1. The maximum absolute atomic E-state index is 12.5. The monoisotopic (exact) mass is 264 g/mol. The summed E-state index contributed by atoms with van der Waals surface area (Å²) in [5, 5.41) is 3.46. The van der Waals surface area contributed by atoms with Gasteiger partial charge in [-0.2, -0.15) is 0 Å². The summed E-state index contributed by atoms with van der Waals surface area (Å²) in [6, 6.07) is 2.92. The number of carbonyl (C=O) groups is 1. The second-order valence-corrected chi connectivity index (χ2v) is 6.73. The van der Waals surface area contributed by atoms with Gasteiger partial charge in [0.25, 0.3) is 5.91 Å². The molecule has 1 N–H and O–H groups in total. The molecule has 0 spiro atoms. The van der Waals surface area contributed by atoms with Gasteiger partial charge in [-0.05, 0) is 44.7 Å². The summed E-state index contributed by atoms with van der Waals surface area (Å²) in [6.45, 7) is 5.94. The van der Waals surface area contributed by atoms with Gasteiger partial charge in [0, 0.05) is 30.1 Å². The lowest BCUT2D eigenvalue weighted by Gasteiger charge is -2.35. The van der Waals surface area contributed by atoms with E-state index in [1.165, 1.54) is 23.3 Å². The predicted octanol–water partition coefficient (Wildman–Crippen LogP) is 2.06. The summed E-state index contributed by atoms with van der Waals surface area (Å²) in [5.41, 5.74) is 1.42. The van der Waals surface area contributed by atoms with E-state index in [9.17, 15) is 4.79 Å². The van der Waals surface area contributed by atoms with E-state index in [-0.39, 0.29) is 5.91 Å². The van der Waals surface area contributed by atoms with Gasteiger partial charge in [0.05, 0.1) is 4.88 Å². The van der Waals surface area contributed by atoms with Crippen LogP contribution >= 0.6 is 11.3 Å². The largest absolute Gasteiger partial charge is 0.335 e. The lowest BCUT2D eigenvalue weighted by molar-refractivity contribution is 0.0678. The molecule has 1 aromatic rings. The zero-order valence-electron chi connectivity index (χ0n) is 11.0. The molecule has 1 saturated heterocycles. The van der Waals surface area contributed by atoms with Gasteiger partial charge in [0.2, 0.25) is 0 Å². The number of piperazine rings is 1. The highest BCUT2D eigenvalue weighted by Crippen LogP contribution is 2.31. The Balaban J connectivity index is 1.77. The number of amides is 1. The number of hydrogen-bond acceptors (Lipinski definition) is 3. The highest BCUT2D eigenvalue weighted by Gasteiger charge is 2.27. The minimum absolute atomic E-state index is 0.231. The van der Waals surface area contributed by atoms with Gasteiger partial charge in [0.1, 0.15) is 0 Å². The minimum atomic E-state index is 0.231. The number of thiophene rings is 1. The molecule has 1 aliphatic heterocycles. The zero-order chi connectivity index (χ0) is 12.7. The lowest BCUT2D eigenvalue weighted by Crippen LogP contribution is -2.55. The Kier molecular flexibility index (Phi) is 3.16. The Labute approximate surface area is 112 Å². The van der Waals surface area contributed by atoms with Crippen molar-refractivity contribution in [3.05, 3.63) is 21.4 Å². The van der Waals surface area contributed by atoms with Crippen LogP contribution in [0.1, 0.15) is 40.4 Å². The van der Waals surface area contributed by atoms with Crippen LogP contribution < -0.4 is 5.32 Å². The molecule has 2 aliphatic rings. The van der Waals surface area contributed by atoms with Crippen molar-refractivity contribution < 1.29 is 4.79 Å². The molecule has 0 bridgehead atoms. The van der Waals surface area contributed by atoms with E-state index in [4.69, 9.17) is 0 Å². The van der Waals surface area contributed by atoms with Gasteiger partial charge >= 0.3 is 0 Å². The Morgan fingerprint density at radius 3 is 2.72 bits per heavy atom. The van der Waals surface area contributed by atoms with E-state index in [1.807, 2.05) is 4.90 Å². The van der Waals surface area contributed by atoms with Crippen molar-refractivity contribution in [3.63, 3.8) is 0 Å². The Bertz CT molecular complexity index is 437. The van der Waals surface area contributed by atoms with Crippen LogP contribution in [0.5, 0.6) is 0 Å². The Morgan fingerprint density at radius 1 is 1.33 bits per heavy atom. The molecule has 3 nitrogen and oxygen atoms in total. The molecule has 0 aromatic carbocycles. The molecule has 2 heterocycles. The molecule has 98 valence electrons. The second-order valence-electron chi connectivity index (χ2n) is 5.59. The molecule has 2 atom stereocenters. The van der Waals surface area contributed by atoms with Crippen molar-refractivity contribution in [2.45, 2.75) is 45.2 Å². The standard InChI is InChI=1S/C14H20N2OS/c1-9-7-16(8-10(2)15-9)14(17)13-6-11-4-3-5-12(11)18-13/h6,9-10,15H,3-5,7-8H2,1-2H3. The van der Waals surface area contributed by atoms with Crippen molar-refractivity contribution in [1.29, 1.82) is 0 Å². The van der Waals surface area contributed by atoms with E-state index < -0.39 is 0 Å². The van der Waals surface area contributed by atoms with E-state index in [1.54, 1.807) is 11.3 Å². The van der Waals surface area contributed by atoms with Gasteiger partial charge in [-0.25, -0.2) is 0 Å². The fourth-order valence-corrected chi connectivity index (χ4v) is 4.30. The van der Waals surface area contributed by atoms with E-state index in [2.05, 4.69) is 25.2 Å². The number of rotatable bonds is 1. The predicted molar refractivity (Wildman–Crippen MR) is 74.3 cm³/mol. The molecule has 18 heavy (non-hydrogen) atoms. The highest BCUT2D eigenvalue weighted by molar-refractivity contribution is 7.14. The summed E-state index contributed by atoms with van der Waals surface area (Å²) in [6.07, 6.45) is 3.59. The van der Waals surface area contributed by atoms with Crippen LogP contribution in [-0.4, -0.2) is 36.0 Å². The van der Waals surface area contributed by atoms with Gasteiger partial charge in [0.15, 0.2) is 0 Å². The van der Waals surface area contributed by atoms with Crippen LogP contribution in [0.25, 0.3) is 0 Å². The van der Waals surface area contributed by atoms with Gasteiger partial charge in [-0.15, -0.1) is 11.3 Å². The van der Waals surface area contributed by atoms with Gasteiger partial charge in [-0.1, -0.05) is 0 Å². The first-order chi connectivity index (χ1) is 8.63. The van der Waals surface area contributed by atoms with Crippen LogP contribution in [0.15, 0.2) is 6.07 Å². The summed E-state index contributed by atoms with van der Waals surface area (Å²) in [4.78, 5) is 16.9. The normalized spacial score (nSPS) is 27.3. The van der Waals surface area contributed by atoms with Crippen molar-refractivity contribution in [1.82, 2.24) is 10.2 Å². The van der Waals surface area contributed by atoms with Crippen LogP contribution in [-0.2, 0) is 12.8 Å². The molecule has 1 aromatic heterocycles. The smallest absolute Gasteiger partial charge is 0.264 e. The number of hydrogen-bond donors (Lipinski definition) is 1. The first-order valence-electron chi connectivity index (χ1n) is 6.80. The first-order valence-corrected chi connectivity index (χ1v) is 7.62. The van der Waals surface area contributed by atoms with Crippen molar-refractivity contribution >= 4 is 17.2 Å². The molecule has 4 heteroatoms. The van der Waals surface area contributed by atoms with Crippen LogP contribution in [0.3, 0.4) is 0 Å². The van der Waals surface area contributed by atoms with E-state index in [0.717, 1.165) is 24.4 Å². The number of carbonyl (C=O) groups excluding carboxylic acids is 1. The molecule has 1 amide bonds. The Hall–Kier alpha value is -0.870. The van der Waals surface area contributed by atoms with Crippen LogP contribution in [0.2, 0.25) is 0 Å². The summed E-state index contributed by atoms with van der Waals surface area (Å²) >= 11 is 1.71. The molecular weight excluding hydrogens is 244 g/mol. The van der Waals surface area contributed by atoms with Gasteiger partial charge in [-0.3, -0.25) is 4.79 Å². The third-order valence-electron chi connectivity index (χ3n) is 3.80. The summed E-state index contributed by atoms with van der Waals surface area (Å²) in [7, 11) is 0. The number of nitrogens with zero attached hydrogens (tertiary/aromatic N) is 1. The zero-order valence-corrected chi connectivity index (χ0v) is 11.8. The quantitative estimate of drug-likeness (QED) is 0.842. The molecule has 1 aliphatic carbocycles. The average molecular weight is 264 g/mol. The maximum Gasteiger partial charge on any atom is 0.264 e. The third kappa shape index (κ3) is 2.19. The second kappa shape index (κ2) is 4.67. The molecular formula is C14H20N2OS. The molecule has 1 fully saturated rings. The maximum atomic E-state index is 12.5.